The molecule has 0 aliphatic carbocycles. The summed E-state index contributed by atoms with van der Waals surface area (Å²) < 4.78 is 6.98. The third-order valence-corrected chi connectivity index (χ3v) is 3.14. The van der Waals surface area contributed by atoms with Gasteiger partial charge in [-0.05, 0) is 33.2 Å². The van der Waals surface area contributed by atoms with Crippen LogP contribution >= 0.6 is 0 Å². The first-order valence-corrected chi connectivity index (χ1v) is 6.14. The van der Waals surface area contributed by atoms with Gasteiger partial charge in [0.2, 0.25) is 0 Å². The SMILES string of the molecule is CCOC(=O)c1cncn1C1CCNC(C)C1. The molecule has 1 N–H and O–H groups in total. The van der Waals surface area contributed by atoms with Crippen molar-refractivity contribution in [3.8, 4) is 0 Å². The highest BCUT2D eigenvalue weighted by Crippen LogP contribution is 2.23. The van der Waals surface area contributed by atoms with Crippen LogP contribution in [0.4, 0.5) is 0 Å². The van der Waals surface area contributed by atoms with Crippen LogP contribution in [0.3, 0.4) is 0 Å². The summed E-state index contributed by atoms with van der Waals surface area (Å²) >= 11 is 0. The van der Waals surface area contributed by atoms with Crippen molar-refractivity contribution in [2.75, 3.05) is 13.2 Å². The van der Waals surface area contributed by atoms with Crippen molar-refractivity contribution in [1.29, 1.82) is 0 Å². The van der Waals surface area contributed by atoms with Crippen molar-refractivity contribution in [1.82, 2.24) is 14.9 Å². The van der Waals surface area contributed by atoms with E-state index in [2.05, 4.69) is 17.2 Å². The number of imidazole rings is 1. The number of nitrogens with zero attached hydrogens (tertiary/aromatic N) is 2. The number of aromatic nitrogens is 2. The van der Waals surface area contributed by atoms with Gasteiger partial charge in [-0.3, -0.25) is 0 Å². The maximum Gasteiger partial charge on any atom is 0.356 e. The van der Waals surface area contributed by atoms with E-state index in [0.717, 1.165) is 19.4 Å². The Balaban J connectivity index is 2.15. The van der Waals surface area contributed by atoms with Crippen LogP contribution in [-0.4, -0.2) is 34.7 Å². The van der Waals surface area contributed by atoms with Crippen molar-refractivity contribution in [2.45, 2.75) is 38.8 Å². The molecule has 2 heterocycles. The second-order valence-electron chi connectivity index (χ2n) is 4.44. The highest BCUT2D eigenvalue weighted by atomic mass is 16.5. The first-order valence-electron chi connectivity index (χ1n) is 6.14. The number of ether oxygens (including phenoxy) is 1. The van der Waals surface area contributed by atoms with Crippen molar-refractivity contribution < 1.29 is 9.53 Å². The van der Waals surface area contributed by atoms with E-state index in [4.69, 9.17) is 4.74 Å². The van der Waals surface area contributed by atoms with Gasteiger partial charge in [0.15, 0.2) is 0 Å². The second-order valence-corrected chi connectivity index (χ2v) is 4.44. The lowest BCUT2D eigenvalue weighted by atomic mass is 10.0. The quantitative estimate of drug-likeness (QED) is 0.807. The fraction of sp³-hybridized carbons (Fsp3) is 0.667. The van der Waals surface area contributed by atoms with E-state index in [-0.39, 0.29) is 5.97 Å². The Bertz CT molecular complexity index is 389. The lowest BCUT2D eigenvalue weighted by molar-refractivity contribution is 0.0509. The minimum Gasteiger partial charge on any atom is -0.461 e. The van der Waals surface area contributed by atoms with E-state index in [1.54, 1.807) is 12.5 Å². The maximum absolute atomic E-state index is 11.8. The standard InChI is InChI=1S/C12H19N3O2/c1-3-17-12(16)11-7-13-8-15(11)10-4-5-14-9(2)6-10/h7-10,14H,3-6H2,1-2H3. The molecule has 17 heavy (non-hydrogen) atoms. The van der Waals surface area contributed by atoms with Crippen molar-refractivity contribution >= 4 is 5.97 Å². The Morgan fingerprint density at radius 1 is 1.71 bits per heavy atom. The molecule has 0 radical (unpaired) electrons. The molecule has 1 saturated heterocycles. The number of carbonyl (C=O) groups is 1. The molecule has 1 aliphatic rings. The topological polar surface area (TPSA) is 56.1 Å². The van der Waals surface area contributed by atoms with E-state index in [9.17, 15) is 4.79 Å². The molecule has 0 amide bonds. The summed E-state index contributed by atoms with van der Waals surface area (Å²) in [6, 6.07) is 0.819. The Morgan fingerprint density at radius 2 is 2.53 bits per heavy atom. The van der Waals surface area contributed by atoms with E-state index in [1.165, 1.54) is 0 Å². The number of hydrogen-bond acceptors (Lipinski definition) is 4. The molecule has 1 aliphatic heterocycles. The van der Waals surface area contributed by atoms with Crippen LogP contribution in [0.2, 0.25) is 0 Å². The molecule has 5 heteroatoms. The van der Waals surface area contributed by atoms with Gasteiger partial charge in [-0.25, -0.2) is 9.78 Å². The van der Waals surface area contributed by atoms with Crippen LogP contribution in [0, 0.1) is 0 Å². The Morgan fingerprint density at radius 3 is 3.24 bits per heavy atom. The van der Waals surface area contributed by atoms with E-state index >= 15 is 0 Å². The van der Waals surface area contributed by atoms with Crippen molar-refractivity contribution in [3.63, 3.8) is 0 Å². The summed E-state index contributed by atoms with van der Waals surface area (Å²) in [5, 5.41) is 3.40. The van der Waals surface area contributed by atoms with Crippen molar-refractivity contribution in [3.05, 3.63) is 18.2 Å². The fourth-order valence-electron chi connectivity index (χ4n) is 2.32. The summed E-state index contributed by atoms with van der Waals surface area (Å²) in [5.74, 6) is -0.281. The van der Waals surface area contributed by atoms with Gasteiger partial charge in [0, 0.05) is 12.1 Å². The summed E-state index contributed by atoms with van der Waals surface area (Å²) in [6.07, 6.45) is 5.36. The molecule has 2 atom stereocenters. The second kappa shape index (κ2) is 5.31. The van der Waals surface area contributed by atoms with Gasteiger partial charge in [-0.2, -0.15) is 0 Å². The molecule has 0 aromatic carbocycles. The maximum atomic E-state index is 11.8. The first kappa shape index (κ1) is 12.1. The Labute approximate surface area is 101 Å². The van der Waals surface area contributed by atoms with Gasteiger partial charge in [0.05, 0.1) is 19.1 Å². The summed E-state index contributed by atoms with van der Waals surface area (Å²) in [4.78, 5) is 15.8. The third kappa shape index (κ3) is 2.66. The van der Waals surface area contributed by atoms with Gasteiger partial charge in [0.25, 0.3) is 0 Å². The molecule has 1 fully saturated rings. The summed E-state index contributed by atoms with van der Waals surface area (Å²) in [7, 11) is 0. The molecule has 1 aromatic rings. The molecule has 2 unspecified atom stereocenters. The number of carbonyl (C=O) groups excluding carboxylic acids is 1. The fourth-order valence-corrected chi connectivity index (χ4v) is 2.32. The zero-order valence-electron chi connectivity index (χ0n) is 10.3. The Hall–Kier alpha value is -1.36. The van der Waals surface area contributed by atoms with E-state index in [1.807, 2.05) is 11.5 Å². The number of piperidine rings is 1. The van der Waals surface area contributed by atoms with Crippen LogP contribution in [0.15, 0.2) is 12.5 Å². The number of esters is 1. The molecule has 1 aromatic heterocycles. The zero-order chi connectivity index (χ0) is 12.3. The average molecular weight is 237 g/mol. The number of nitrogens with one attached hydrogen (secondary N) is 1. The van der Waals surface area contributed by atoms with Gasteiger partial charge in [0.1, 0.15) is 5.69 Å². The van der Waals surface area contributed by atoms with Crippen LogP contribution in [0.5, 0.6) is 0 Å². The zero-order valence-corrected chi connectivity index (χ0v) is 10.3. The molecular formula is C12H19N3O2. The number of rotatable bonds is 3. The van der Waals surface area contributed by atoms with Crippen LogP contribution in [0.25, 0.3) is 0 Å². The number of hydrogen-bond donors (Lipinski definition) is 1. The van der Waals surface area contributed by atoms with Gasteiger partial charge in [-0.1, -0.05) is 0 Å². The predicted octanol–water partition coefficient (Wildman–Crippen LogP) is 1.37. The average Bonchev–Trinajstić information content (AvgIpc) is 2.78. The molecule has 0 spiro atoms. The Kier molecular flexibility index (Phi) is 3.78. The monoisotopic (exact) mass is 237 g/mol. The smallest absolute Gasteiger partial charge is 0.356 e. The molecule has 0 saturated carbocycles. The predicted molar refractivity (Wildman–Crippen MR) is 63.9 cm³/mol. The first-order chi connectivity index (χ1) is 8.22. The molecule has 0 bridgehead atoms. The lowest BCUT2D eigenvalue weighted by Crippen LogP contribution is -2.37. The molecular weight excluding hydrogens is 218 g/mol. The summed E-state index contributed by atoms with van der Waals surface area (Å²) in [5.41, 5.74) is 0.561. The minimum atomic E-state index is -0.281. The van der Waals surface area contributed by atoms with E-state index in [0.29, 0.717) is 24.4 Å². The largest absolute Gasteiger partial charge is 0.461 e. The van der Waals surface area contributed by atoms with Gasteiger partial charge in [-0.15, -0.1) is 0 Å². The van der Waals surface area contributed by atoms with Crippen LogP contribution < -0.4 is 5.32 Å². The van der Waals surface area contributed by atoms with Crippen LogP contribution in [-0.2, 0) is 4.74 Å². The molecule has 2 rings (SSSR count). The lowest BCUT2D eigenvalue weighted by Gasteiger charge is -2.29. The summed E-state index contributed by atoms with van der Waals surface area (Å²) in [6.45, 7) is 5.34. The van der Waals surface area contributed by atoms with E-state index < -0.39 is 0 Å². The van der Waals surface area contributed by atoms with Crippen LogP contribution in [0.1, 0.15) is 43.2 Å². The highest BCUT2D eigenvalue weighted by Gasteiger charge is 2.24. The highest BCUT2D eigenvalue weighted by molar-refractivity contribution is 5.87. The van der Waals surface area contributed by atoms with Gasteiger partial charge < -0.3 is 14.6 Å². The van der Waals surface area contributed by atoms with Crippen molar-refractivity contribution in [2.24, 2.45) is 0 Å². The molecule has 94 valence electrons. The molecule has 5 nitrogen and oxygen atoms in total. The van der Waals surface area contributed by atoms with Gasteiger partial charge >= 0.3 is 5.97 Å². The normalized spacial score (nSPS) is 24.6. The third-order valence-electron chi connectivity index (χ3n) is 3.14. The minimum absolute atomic E-state index is 0.281.